The number of ether oxygens (including phenoxy) is 1. The van der Waals surface area contributed by atoms with E-state index in [1.165, 1.54) is 0 Å². The highest BCUT2D eigenvalue weighted by Gasteiger charge is 2.23. The Morgan fingerprint density at radius 2 is 1.87 bits per heavy atom. The Balaban J connectivity index is 1.46. The van der Waals surface area contributed by atoms with E-state index in [9.17, 15) is 8.78 Å². The van der Waals surface area contributed by atoms with Crippen molar-refractivity contribution in [3.8, 4) is 5.75 Å². The van der Waals surface area contributed by atoms with E-state index in [1.54, 1.807) is 16.6 Å². The van der Waals surface area contributed by atoms with Gasteiger partial charge in [-0.15, -0.1) is 15.3 Å². The van der Waals surface area contributed by atoms with Crippen molar-refractivity contribution in [1.82, 2.24) is 19.8 Å². The molecule has 160 valence electrons. The van der Waals surface area contributed by atoms with Gasteiger partial charge in [-0.3, -0.25) is 0 Å². The van der Waals surface area contributed by atoms with Crippen LogP contribution in [0.1, 0.15) is 39.4 Å². The maximum Gasteiger partial charge on any atom is 0.387 e. The lowest BCUT2D eigenvalue weighted by molar-refractivity contribution is -0.0498. The number of alkyl halides is 2. The summed E-state index contributed by atoms with van der Waals surface area (Å²) in [5.41, 5.74) is 1.55. The minimum absolute atomic E-state index is 0.160. The van der Waals surface area contributed by atoms with Gasteiger partial charge in [-0.2, -0.15) is 13.3 Å². The summed E-state index contributed by atoms with van der Waals surface area (Å²) in [4.78, 5) is 2.24. The molecule has 1 aliphatic rings. The van der Waals surface area contributed by atoms with Gasteiger partial charge in [0, 0.05) is 30.2 Å². The van der Waals surface area contributed by atoms with Crippen LogP contribution in [0.4, 0.5) is 20.3 Å². The molecular formula is C21H26F2N6O. The van der Waals surface area contributed by atoms with Crippen LogP contribution in [-0.2, 0) is 5.41 Å². The molecule has 1 atom stereocenters. The number of hydrogen-bond acceptors (Lipinski definition) is 6. The number of piperidine rings is 1. The molecule has 1 fully saturated rings. The number of fused-ring (bicyclic) bond motifs is 1. The molecule has 2 aromatic heterocycles. The number of nitrogens with zero attached hydrogens (tertiary/aromatic N) is 5. The Hall–Kier alpha value is -2.97. The summed E-state index contributed by atoms with van der Waals surface area (Å²) >= 11 is 0. The highest BCUT2D eigenvalue weighted by molar-refractivity contribution is 5.51. The zero-order valence-electron chi connectivity index (χ0n) is 17.3. The van der Waals surface area contributed by atoms with Crippen molar-refractivity contribution in [3.63, 3.8) is 0 Å². The minimum Gasteiger partial charge on any atom is -0.435 e. The number of anilines is 2. The van der Waals surface area contributed by atoms with Crippen molar-refractivity contribution in [2.45, 2.75) is 51.7 Å². The van der Waals surface area contributed by atoms with E-state index in [4.69, 9.17) is 5.10 Å². The average molecular weight is 416 g/mol. The molecule has 1 N–H and O–H groups in total. The SMILES string of the molecule is CC(C)(C)c1nnc2ccc(NC3CCCN(c4ccc(OC(F)F)cc4)C3)nn12. The Morgan fingerprint density at radius 1 is 1.10 bits per heavy atom. The van der Waals surface area contributed by atoms with Crippen LogP contribution in [0.2, 0.25) is 0 Å². The molecule has 1 aromatic carbocycles. The van der Waals surface area contributed by atoms with Gasteiger partial charge in [0.1, 0.15) is 11.6 Å². The topological polar surface area (TPSA) is 67.6 Å². The van der Waals surface area contributed by atoms with Gasteiger partial charge in [-0.25, -0.2) is 0 Å². The van der Waals surface area contributed by atoms with Crippen molar-refractivity contribution < 1.29 is 13.5 Å². The fraction of sp³-hybridized carbons (Fsp3) is 0.476. The molecule has 3 heterocycles. The van der Waals surface area contributed by atoms with E-state index in [2.05, 4.69) is 45.9 Å². The minimum atomic E-state index is -2.81. The molecule has 1 aliphatic heterocycles. The number of halogens is 2. The van der Waals surface area contributed by atoms with Crippen molar-refractivity contribution >= 4 is 17.2 Å². The zero-order valence-corrected chi connectivity index (χ0v) is 17.3. The van der Waals surface area contributed by atoms with Crippen molar-refractivity contribution in [2.75, 3.05) is 23.3 Å². The molecule has 1 unspecified atom stereocenters. The van der Waals surface area contributed by atoms with Crippen molar-refractivity contribution in [3.05, 3.63) is 42.2 Å². The molecule has 0 bridgehead atoms. The van der Waals surface area contributed by atoms with Crippen LogP contribution < -0.4 is 15.0 Å². The lowest BCUT2D eigenvalue weighted by Gasteiger charge is -2.35. The Bertz CT molecular complexity index is 999. The van der Waals surface area contributed by atoms with Gasteiger partial charge < -0.3 is 15.0 Å². The van der Waals surface area contributed by atoms with E-state index < -0.39 is 6.61 Å². The standard InChI is InChI=1S/C21H26F2N6O/c1-21(2,3)19-26-25-18-11-10-17(27-29(18)19)24-14-5-4-12-28(13-14)15-6-8-16(9-7-15)30-20(22)23/h6-11,14,20H,4-5,12-13H2,1-3H3,(H,24,27). The van der Waals surface area contributed by atoms with E-state index in [0.717, 1.165) is 48.9 Å². The second-order valence-electron chi connectivity index (χ2n) is 8.56. The van der Waals surface area contributed by atoms with Gasteiger partial charge in [-0.05, 0) is 49.2 Å². The summed E-state index contributed by atoms with van der Waals surface area (Å²) in [7, 11) is 0. The van der Waals surface area contributed by atoms with Gasteiger partial charge in [0.05, 0.1) is 0 Å². The van der Waals surface area contributed by atoms with Gasteiger partial charge in [-0.1, -0.05) is 20.8 Å². The number of rotatable bonds is 5. The Kier molecular flexibility index (Phi) is 5.44. The van der Waals surface area contributed by atoms with E-state index in [-0.39, 0.29) is 17.2 Å². The second kappa shape index (κ2) is 8.04. The molecule has 30 heavy (non-hydrogen) atoms. The third kappa shape index (κ3) is 4.44. The second-order valence-corrected chi connectivity index (χ2v) is 8.56. The van der Waals surface area contributed by atoms with Crippen molar-refractivity contribution in [2.24, 2.45) is 0 Å². The first-order valence-corrected chi connectivity index (χ1v) is 10.1. The number of nitrogens with one attached hydrogen (secondary N) is 1. The summed E-state index contributed by atoms with van der Waals surface area (Å²) in [5.74, 6) is 1.76. The van der Waals surface area contributed by atoms with Crippen LogP contribution in [0.15, 0.2) is 36.4 Å². The Labute approximate surface area is 174 Å². The highest BCUT2D eigenvalue weighted by Crippen LogP contribution is 2.25. The summed E-state index contributed by atoms with van der Waals surface area (Å²) in [6, 6.07) is 10.8. The van der Waals surface area contributed by atoms with Crippen LogP contribution in [0.3, 0.4) is 0 Å². The molecule has 0 spiro atoms. The lowest BCUT2D eigenvalue weighted by Crippen LogP contribution is -2.42. The smallest absolute Gasteiger partial charge is 0.387 e. The molecule has 1 saturated heterocycles. The van der Waals surface area contributed by atoms with Gasteiger partial charge in [0.15, 0.2) is 11.5 Å². The van der Waals surface area contributed by atoms with Crippen LogP contribution in [-0.4, -0.2) is 45.6 Å². The number of aromatic nitrogens is 4. The monoisotopic (exact) mass is 416 g/mol. The number of benzene rings is 1. The molecule has 0 aliphatic carbocycles. The summed E-state index contributed by atoms with van der Waals surface area (Å²) in [5, 5.41) is 16.7. The lowest BCUT2D eigenvalue weighted by atomic mass is 9.96. The molecule has 4 rings (SSSR count). The first-order valence-electron chi connectivity index (χ1n) is 10.1. The predicted octanol–water partition coefficient (Wildman–Crippen LogP) is 4.10. The predicted molar refractivity (Wildman–Crippen MR) is 111 cm³/mol. The third-order valence-corrected chi connectivity index (χ3v) is 5.13. The van der Waals surface area contributed by atoms with Crippen molar-refractivity contribution in [1.29, 1.82) is 0 Å². The van der Waals surface area contributed by atoms with E-state index in [0.29, 0.717) is 0 Å². The first kappa shape index (κ1) is 20.3. The maximum absolute atomic E-state index is 12.3. The van der Waals surface area contributed by atoms with Crippen LogP contribution in [0, 0.1) is 0 Å². The Morgan fingerprint density at radius 3 is 2.57 bits per heavy atom. The fourth-order valence-electron chi connectivity index (χ4n) is 3.71. The summed E-state index contributed by atoms with van der Waals surface area (Å²) < 4.78 is 30.9. The molecule has 3 aromatic rings. The zero-order chi connectivity index (χ0) is 21.3. The molecule has 7 nitrogen and oxygen atoms in total. The summed E-state index contributed by atoms with van der Waals surface area (Å²) in [6.07, 6.45) is 2.05. The molecule has 0 amide bonds. The van der Waals surface area contributed by atoms with E-state index in [1.807, 2.05) is 24.3 Å². The third-order valence-electron chi connectivity index (χ3n) is 5.13. The number of hydrogen-bond donors (Lipinski definition) is 1. The van der Waals surface area contributed by atoms with Gasteiger partial charge in [0.2, 0.25) is 0 Å². The molecule has 9 heteroatoms. The molecular weight excluding hydrogens is 390 g/mol. The average Bonchev–Trinajstić information content (AvgIpc) is 3.12. The van der Waals surface area contributed by atoms with Gasteiger partial charge >= 0.3 is 6.61 Å². The quantitative estimate of drug-likeness (QED) is 0.675. The molecule has 0 saturated carbocycles. The molecule has 0 radical (unpaired) electrons. The van der Waals surface area contributed by atoms with Crippen LogP contribution >= 0.6 is 0 Å². The van der Waals surface area contributed by atoms with Crippen LogP contribution in [0.25, 0.3) is 5.65 Å². The largest absolute Gasteiger partial charge is 0.435 e. The fourth-order valence-corrected chi connectivity index (χ4v) is 3.71. The van der Waals surface area contributed by atoms with E-state index >= 15 is 0 Å². The first-order chi connectivity index (χ1) is 14.3. The maximum atomic E-state index is 12.3. The summed E-state index contributed by atoms with van der Waals surface area (Å²) in [6.45, 7) is 5.15. The van der Waals surface area contributed by atoms with Gasteiger partial charge in [0.25, 0.3) is 0 Å². The van der Waals surface area contributed by atoms with Crippen LogP contribution in [0.5, 0.6) is 5.75 Å². The highest BCUT2D eigenvalue weighted by atomic mass is 19.3. The normalized spacial score (nSPS) is 17.5.